The molecule has 0 saturated heterocycles. The van der Waals surface area contributed by atoms with Gasteiger partial charge in [-0.05, 0) is 24.3 Å². The lowest BCUT2D eigenvalue weighted by molar-refractivity contribution is -0.146. The molecule has 3 N–H and O–H groups in total. The van der Waals surface area contributed by atoms with E-state index in [4.69, 9.17) is 10.2 Å². The lowest BCUT2D eigenvalue weighted by Gasteiger charge is -2.20. The van der Waals surface area contributed by atoms with Crippen molar-refractivity contribution < 1.29 is 24.6 Å². The Morgan fingerprint density at radius 3 is 2.57 bits per heavy atom. The van der Waals surface area contributed by atoms with Crippen LogP contribution in [0.3, 0.4) is 0 Å². The van der Waals surface area contributed by atoms with Crippen molar-refractivity contribution in [1.82, 2.24) is 5.32 Å². The van der Waals surface area contributed by atoms with Crippen LogP contribution < -0.4 is 5.32 Å². The second kappa shape index (κ2) is 6.71. The van der Waals surface area contributed by atoms with E-state index in [-0.39, 0.29) is 12.3 Å². The molecule has 2 rings (SSSR count). The van der Waals surface area contributed by atoms with Crippen LogP contribution in [-0.4, -0.2) is 28.1 Å². The van der Waals surface area contributed by atoms with Gasteiger partial charge in [0.2, 0.25) is 5.91 Å². The van der Waals surface area contributed by atoms with Crippen molar-refractivity contribution in [2.75, 3.05) is 0 Å². The Morgan fingerprint density at radius 2 is 2.00 bits per heavy atom. The molecule has 1 aromatic rings. The molecule has 3 atom stereocenters. The molecule has 1 aromatic heterocycles. The molecule has 1 aliphatic carbocycles. The van der Waals surface area contributed by atoms with E-state index >= 15 is 0 Å². The zero-order valence-electron chi connectivity index (χ0n) is 11.3. The van der Waals surface area contributed by atoms with E-state index in [9.17, 15) is 14.4 Å². The van der Waals surface area contributed by atoms with Gasteiger partial charge in [-0.2, -0.15) is 0 Å². The summed E-state index contributed by atoms with van der Waals surface area (Å²) in [5.74, 6) is -3.56. The van der Waals surface area contributed by atoms with Gasteiger partial charge >= 0.3 is 11.9 Å². The first-order valence-corrected chi connectivity index (χ1v) is 7.65. The van der Waals surface area contributed by atoms with Gasteiger partial charge in [-0.25, -0.2) is 0 Å². The number of aliphatic carboxylic acids is 2. The number of hydrogen-bond donors (Lipinski definition) is 3. The molecular weight excluding hydrogens is 294 g/mol. The number of nitrogens with one attached hydrogen (secondary N) is 1. The number of carbonyl (C=O) groups is 3. The standard InChI is InChI=1S/C14H17NO5S/c16-12(17)7-10(11-5-2-6-21-11)15-13(18)8-3-1-4-9(8)14(19)20/h2,5-6,8-10H,1,3-4,7H2,(H,15,18)(H,16,17)(H,19,20). The van der Waals surface area contributed by atoms with Gasteiger partial charge in [0.15, 0.2) is 0 Å². The fourth-order valence-electron chi connectivity index (χ4n) is 2.74. The summed E-state index contributed by atoms with van der Waals surface area (Å²) in [7, 11) is 0. The summed E-state index contributed by atoms with van der Waals surface area (Å²) >= 11 is 1.37. The Morgan fingerprint density at radius 1 is 1.29 bits per heavy atom. The van der Waals surface area contributed by atoms with Gasteiger partial charge in [0.1, 0.15) is 0 Å². The lowest BCUT2D eigenvalue weighted by Crippen LogP contribution is -2.38. The van der Waals surface area contributed by atoms with Gasteiger partial charge in [0.25, 0.3) is 0 Å². The van der Waals surface area contributed by atoms with Gasteiger partial charge in [-0.1, -0.05) is 12.5 Å². The number of hydrogen-bond acceptors (Lipinski definition) is 4. The second-order valence-corrected chi connectivity index (χ2v) is 6.14. The Kier molecular flexibility index (Phi) is 4.95. The van der Waals surface area contributed by atoms with Crippen LogP contribution in [0.1, 0.15) is 36.6 Å². The van der Waals surface area contributed by atoms with E-state index in [2.05, 4.69) is 5.32 Å². The molecule has 0 spiro atoms. The van der Waals surface area contributed by atoms with Crippen LogP contribution in [0, 0.1) is 11.8 Å². The van der Waals surface area contributed by atoms with Gasteiger partial charge in [-0.15, -0.1) is 11.3 Å². The van der Waals surface area contributed by atoms with Crippen molar-refractivity contribution in [3.05, 3.63) is 22.4 Å². The van der Waals surface area contributed by atoms with E-state index in [1.165, 1.54) is 11.3 Å². The highest BCUT2D eigenvalue weighted by Gasteiger charge is 2.38. The highest BCUT2D eigenvalue weighted by Crippen LogP contribution is 2.33. The lowest BCUT2D eigenvalue weighted by atomic mass is 9.95. The van der Waals surface area contributed by atoms with E-state index in [1.807, 2.05) is 5.38 Å². The van der Waals surface area contributed by atoms with E-state index in [0.717, 1.165) is 4.88 Å². The zero-order chi connectivity index (χ0) is 15.4. The summed E-state index contributed by atoms with van der Waals surface area (Å²) in [6.07, 6.45) is 1.53. The molecule has 0 bridgehead atoms. The Bertz CT molecular complexity index is 527. The maximum atomic E-state index is 12.3. The van der Waals surface area contributed by atoms with Crippen molar-refractivity contribution in [2.24, 2.45) is 11.8 Å². The zero-order valence-corrected chi connectivity index (χ0v) is 12.1. The molecule has 3 unspecified atom stereocenters. The molecule has 6 nitrogen and oxygen atoms in total. The molecule has 1 heterocycles. The number of rotatable bonds is 6. The van der Waals surface area contributed by atoms with Crippen molar-refractivity contribution in [3.8, 4) is 0 Å². The van der Waals surface area contributed by atoms with Gasteiger partial charge < -0.3 is 15.5 Å². The molecule has 114 valence electrons. The Hall–Kier alpha value is -1.89. The quantitative estimate of drug-likeness (QED) is 0.744. The molecule has 0 aliphatic heterocycles. The molecule has 1 amide bonds. The van der Waals surface area contributed by atoms with Crippen molar-refractivity contribution in [2.45, 2.75) is 31.7 Å². The first kappa shape index (κ1) is 15.5. The molecule has 0 radical (unpaired) electrons. The van der Waals surface area contributed by atoms with Crippen LogP contribution in [-0.2, 0) is 14.4 Å². The second-order valence-electron chi connectivity index (χ2n) is 5.16. The summed E-state index contributed by atoms with van der Waals surface area (Å²) < 4.78 is 0. The topological polar surface area (TPSA) is 104 Å². The summed E-state index contributed by atoms with van der Waals surface area (Å²) in [5.41, 5.74) is 0. The maximum absolute atomic E-state index is 12.3. The predicted molar refractivity (Wildman–Crippen MR) is 75.9 cm³/mol. The monoisotopic (exact) mass is 311 g/mol. The average molecular weight is 311 g/mol. The molecule has 21 heavy (non-hydrogen) atoms. The minimum absolute atomic E-state index is 0.212. The molecule has 1 saturated carbocycles. The van der Waals surface area contributed by atoms with Crippen LogP contribution in [0.25, 0.3) is 0 Å². The Balaban J connectivity index is 2.07. The Labute approximate surface area is 125 Å². The molecular formula is C14H17NO5S. The summed E-state index contributed by atoms with van der Waals surface area (Å²) in [6.45, 7) is 0. The first-order chi connectivity index (χ1) is 9.99. The van der Waals surface area contributed by atoms with Crippen molar-refractivity contribution in [3.63, 3.8) is 0 Å². The number of carboxylic acid groups (broad SMARTS) is 2. The normalized spacial score (nSPS) is 22.7. The van der Waals surface area contributed by atoms with Crippen molar-refractivity contribution >= 4 is 29.2 Å². The fraction of sp³-hybridized carbons (Fsp3) is 0.500. The third kappa shape index (κ3) is 3.81. The summed E-state index contributed by atoms with van der Waals surface area (Å²) in [6, 6.07) is 2.95. The van der Waals surface area contributed by atoms with E-state index in [0.29, 0.717) is 19.3 Å². The third-order valence-electron chi connectivity index (χ3n) is 3.75. The third-order valence-corrected chi connectivity index (χ3v) is 4.74. The number of carbonyl (C=O) groups excluding carboxylic acids is 1. The van der Waals surface area contributed by atoms with Gasteiger partial charge in [0, 0.05) is 4.88 Å². The predicted octanol–water partition coefficient (Wildman–Crippen LogP) is 1.88. The van der Waals surface area contributed by atoms with Crippen LogP contribution in [0.2, 0.25) is 0 Å². The minimum Gasteiger partial charge on any atom is -0.481 e. The maximum Gasteiger partial charge on any atom is 0.307 e. The first-order valence-electron chi connectivity index (χ1n) is 6.77. The summed E-state index contributed by atoms with van der Waals surface area (Å²) in [5, 5.41) is 22.6. The molecule has 1 fully saturated rings. The highest BCUT2D eigenvalue weighted by atomic mass is 32.1. The largest absolute Gasteiger partial charge is 0.481 e. The van der Waals surface area contributed by atoms with Crippen LogP contribution in [0.5, 0.6) is 0 Å². The summed E-state index contributed by atoms with van der Waals surface area (Å²) in [4.78, 5) is 35.1. The van der Waals surface area contributed by atoms with Gasteiger partial charge in [0.05, 0.1) is 24.3 Å². The molecule has 0 aromatic carbocycles. The number of thiophene rings is 1. The smallest absolute Gasteiger partial charge is 0.307 e. The average Bonchev–Trinajstić information content (AvgIpc) is 3.08. The van der Waals surface area contributed by atoms with Gasteiger partial charge in [-0.3, -0.25) is 14.4 Å². The number of carboxylic acids is 2. The van der Waals surface area contributed by atoms with E-state index < -0.39 is 29.8 Å². The minimum atomic E-state index is -1.00. The van der Waals surface area contributed by atoms with Crippen LogP contribution in [0.4, 0.5) is 0 Å². The SMILES string of the molecule is O=C(O)CC(NC(=O)C1CCCC1C(=O)O)c1cccs1. The number of amides is 1. The molecule has 7 heteroatoms. The molecule has 1 aliphatic rings. The van der Waals surface area contributed by atoms with Crippen molar-refractivity contribution in [1.29, 1.82) is 0 Å². The van der Waals surface area contributed by atoms with Crippen LogP contribution >= 0.6 is 11.3 Å². The van der Waals surface area contributed by atoms with Crippen LogP contribution in [0.15, 0.2) is 17.5 Å². The highest BCUT2D eigenvalue weighted by molar-refractivity contribution is 7.10. The van der Waals surface area contributed by atoms with E-state index in [1.54, 1.807) is 12.1 Å². The fourth-order valence-corrected chi connectivity index (χ4v) is 3.51.